The Balaban J connectivity index is 2.00. The van der Waals surface area contributed by atoms with Gasteiger partial charge in [0.1, 0.15) is 0 Å². The molecule has 5 atom stereocenters. The van der Waals surface area contributed by atoms with Crippen LogP contribution in [0.25, 0.3) is 0 Å². The molecule has 0 aromatic heterocycles. The van der Waals surface area contributed by atoms with Crippen LogP contribution in [0.15, 0.2) is 0 Å². The smallest absolute Gasteiger partial charge is 0.0177 e. The second kappa shape index (κ2) is 4.81. The molecule has 0 saturated heterocycles. The van der Waals surface area contributed by atoms with Crippen LogP contribution in [0.5, 0.6) is 0 Å². The SMILES string of the molecule is CCC(C)CC(C)NC1C(C)(C)[C@H]2CC[C@]1(C)C2. The Morgan fingerprint density at radius 1 is 1.22 bits per heavy atom. The second-order valence-corrected chi connectivity index (χ2v) is 8.16. The molecule has 2 rings (SSSR count). The van der Waals surface area contributed by atoms with E-state index in [9.17, 15) is 0 Å². The van der Waals surface area contributed by atoms with E-state index in [0.717, 1.165) is 17.9 Å². The van der Waals surface area contributed by atoms with Gasteiger partial charge in [0.25, 0.3) is 0 Å². The second-order valence-electron chi connectivity index (χ2n) is 8.16. The molecule has 106 valence electrons. The van der Waals surface area contributed by atoms with Gasteiger partial charge in [-0.2, -0.15) is 0 Å². The number of hydrogen-bond donors (Lipinski definition) is 1. The number of rotatable bonds is 5. The molecule has 18 heavy (non-hydrogen) atoms. The Bertz CT molecular complexity index is 291. The van der Waals surface area contributed by atoms with Crippen LogP contribution in [0.2, 0.25) is 0 Å². The summed E-state index contributed by atoms with van der Waals surface area (Å²) in [5.41, 5.74) is 1.06. The highest BCUT2D eigenvalue weighted by Gasteiger charge is 2.59. The van der Waals surface area contributed by atoms with Gasteiger partial charge in [-0.15, -0.1) is 0 Å². The highest BCUT2D eigenvalue weighted by Crippen LogP contribution is 2.62. The maximum absolute atomic E-state index is 4.01. The van der Waals surface area contributed by atoms with E-state index in [4.69, 9.17) is 0 Å². The predicted molar refractivity (Wildman–Crippen MR) is 79.7 cm³/mol. The molecule has 0 aliphatic heterocycles. The molecule has 2 fully saturated rings. The van der Waals surface area contributed by atoms with Crippen molar-refractivity contribution in [1.29, 1.82) is 0 Å². The van der Waals surface area contributed by atoms with Gasteiger partial charge in [-0.25, -0.2) is 0 Å². The van der Waals surface area contributed by atoms with E-state index in [1.807, 2.05) is 0 Å². The Morgan fingerprint density at radius 3 is 2.39 bits per heavy atom. The minimum absolute atomic E-state index is 0.497. The first-order chi connectivity index (χ1) is 8.29. The molecule has 2 bridgehead atoms. The molecule has 0 aromatic carbocycles. The van der Waals surface area contributed by atoms with Crippen molar-refractivity contribution in [2.24, 2.45) is 22.7 Å². The fraction of sp³-hybridized carbons (Fsp3) is 1.00. The lowest BCUT2D eigenvalue weighted by molar-refractivity contribution is 0.0970. The van der Waals surface area contributed by atoms with Crippen molar-refractivity contribution in [3.8, 4) is 0 Å². The average Bonchev–Trinajstić information content (AvgIpc) is 2.75. The number of hydrogen-bond acceptors (Lipinski definition) is 1. The highest BCUT2D eigenvalue weighted by atomic mass is 15.0. The quantitative estimate of drug-likeness (QED) is 0.752. The molecule has 1 nitrogen and oxygen atoms in total. The Labute approximate surface area is 114 Å². The summed E-state index contributed by atoms with van der Waals surface area (Å²) in [6.07, 6.45) is 6.98. The van der Waals surface area contributed by atoms with Gasteiger partial charge < -0.3 is 5.32 Å². The first kappa shape index (κ1) is 14.4. The summed E-state index contributed by atoms with van der Waals surface area (Å²) < 4.78 is 0. The van der Waals surface area contributed by atoms with E-state index < -0.39 is 0 Å². The third kappa shape index (κ3) is 2.35. The van der Waals surface area contributed by atoms with Crippen molar-refractivity contribution in [1.82, 2.24) is 5.32 Å². The lowest BCUT2D eigenvalue weighted by Gasteiger charge is -2.45. The molecule has 0 amide bonds. The lowest BCUT2D eigenvalue weighted by Crippen LogP contribution is -2.53. The first-order valence-corrected chi connectivity index (χ1v) is 8.05. The molecular formula is C17H33N. The fourth-order valence-electron chi connectivity index (χ4n) is 4.84. The van der Waals surface area contributed by atoms with Crippen molar-refractivity contribution in [3.05, 3.63) is 0 Å². The third-order valence-electron chi connectivity index (χ3n) is 6.17. The van der Waals surface area contributed by atoms with Crippen LogP contribution in [-0.2, 0) is 0 Å². The van der Waals surface area contributed by atoms with E-state index >= 15 is 0 Å². The van der Waals surface area contributed by atoms with Crippen molar-refractivity contribution >= 4 is 0 Å². The van der Waals surface area contributed by atoms with E-state index in [-0.39, 0.29) is 0 Å². The van der Waals surface area contributed by atoms with Gasteiger partial charge in [0.15, 0.2) is 0 Å². The zero-order valence-electron chi connectivity index (χ0n) is 13.3. The lowest BCUT2D eigenvalue weighted by atomic mass is 9.68. The van der Waals surface area contributed by atoms with Gasteiger partial charge in [0.05, 0.1) is 0 Å². The predicted octanol–water partition coefficient (Wildman–Crippen LogP) is 4.62. The zero-order chi connectivity index (χ0) is 13.6. The Hall–Kier alpha value is -0.0400. The van der Waals surface area contributed by atoms with Gasteiger partial charge in [-0.05, 0) is 55.3 Å². The van der Waals surface area contributed by atoms with Crippen LogP contribution in [0.1, 0.15) is 73.6 Å². The number of fused-ring (bicyclic) bond motifs is 2. The summed E-state index contributed by atoms with van der Waals surface area (Å²) in [7, 11) is 0. The summed E-state index contributed by atoms with van der Waals surface area (Å²) in [6.45, 7) is 14.6. The average molecular weight is 251 g/mol. The van der Waals surface area contributed by atoms with Crippen molar-refractivity contribution < 1.29 is 0 Å². The van der Waals surface area contributed by atoms with Crippen LogP contribution in [-0.4, -0.2) is 12.1 Å². The first-order valence-electron chi connectivity index (χ1n) is 8.05. The largest absolute Gasteiger partial charge is 0.310 e. The molecule has 1 heteroatoms. The number of nitrogens with one attached hydrogen (secondary N) is 1. The molecule has 2 saturated carbocycles. The molecule has 0 heterocycles. The molecule has 2 aliphatic rings. The summed E-state index contributed by atoms with van der Waals surface area (Å²) >= 11 is 0. The topological polar surface area (TPSA) is 12.0 Å². The normalized spacial score (nSPS) is 41.0. The summed E-state index contributed by atoms with van der Waals surface area (Å²) in [6, 6.07) is 1.39. The van der Waals surface area contributed by atoms with E-state index in [2.05, 4.69) is 46.9 Å². The monoisotopic (exact) mass is 251 g/mol. The molecule has 1 N–H and O–H groups in total. The van der Waals surface area contributed by atoms with Gasteiger partial charge >= 0.3 is 0 Å². The molecule has 3 unspecified atom stereocenters. The molecule has 2 aliphatic carbocycles. The van der Waals surface area contributed by atoms with Crippen molar-refractivity contribution in [3.63, 3.8) is 0 Å². The maximum atomic E-state index is 4.01. The minimum atomic E-state index is 0.497. The zero-order valence-corrected chi connectivity index (χ0v) is 13.3. The van der Waals surface area contributed by atoms with E-state index in [1.54, 1.807) is 0 Å². The third-order valence-corrected chi connectivity index (χ3v) is 6.17. The summed E-state index contributed by atoms with van der Waals surface area (Å²) in [5, 5.41) is 4.01. The minimum Gasteiger partial charge on any atom is -0.310 e. The summed E-state index contributed by atoms with van der Waals surface area (Å²) in [4.78, 5) is 0. The van der Waals surface area contributed by atoms with Crippen LogP contribution in [0, 0.1) is 22.7 Å². The standard InChI is InChI=1S/C17H33N/c1-7-12(2)10-13(3)18-15-16(4,5)14-8-9-17(15,6)11-14/h12-15,18H,7-11H2,1-6H3/t12?,13?,14-,15?,17+/m0/s1. The fourth-order valence-corrected chi connectivity index (χ4v) is 4.84. The maximum Gasteiger partial charge on any atom is 0.0177 e. The van der Waals surface area contributed by atoms with Gasteiger partial charge in [-0.1, -0.05) is 41.0 Å². The Morgan fingerprint density at radius 2 is 1.89 bits per heavy atom. The molecular weight excluding hydrogens is 218 g/mol. The van der Waals surface area contributed by atoms with Crippen LogP contribution in [0.4, 0.5) is 0 Å². The van der Waals surface area contributed by atoms with E-state index in [0.29, 0.717) is 16.9 Å². The van der Waals surface area contributed by atoms with Crippen LogP contribution >= 0.6 is 0 Å². The van der Waals surface area contributed by atoms with Crippen molar-refractivity contribution in [2.75, 3.05) is 0 Å². The van der Waals surface area contributed by atoms with Gasteiger partial charge in [0, 0.05) is 12.1 Å². The molecule has 0 radical (unpaired) electrons. The van der Waals surface area contributed by atoms with Crippen molar-refractivity contribution in [2.45, 2.75) is 85.7 Å². The Kier molecular flexibility index (Phi) is 3.84. The highest BCUT2D eigenvalue weighted by molar-refractivity contribution is 5.12. The van der Waals surface area contributed by atoms with Gasteiger partial charge in [-0.3, -0.25) is 0 Å². The van der Waals surface area contributed by atoms with Gasteiger partial charge in [0.2, 0.25) is 0 Å². The van der Waals surface area contributed by atoms with Crippen LogP contribution in [0.3, 0.4) is 0 Å². The van der Waals surface area contributed by atoms with E-state index in [1.165, 1.54) is 32.1 Å². The van der Waals surface area contributed by atoms with Crippen LogP contribution < -0.4 is 5.32 Å². The molecule has 0 spiro atoms. The molecule has 0 aromatic rings. The summed E-state index contributed by atoms with van der Waals surface area (Å²) in [5.74, 6) is 1.80.